The van der Waals surface area contributed by atoms with E-state index >= 15 is 0 Å². The Morgan fingerprint density at radius 3 is 3.04 bits per heavy atom. The molecule has 3 atom stereocenters. The minimum Gasteiger partial charge on any atom is -0.497 e. The molecule has 0 saturated carbocycles. The Labute approximate surface area is 157 Å². The zero-order chi connectivity index (χ0) is 18.5. The van der Waals surface area contributed by atoms with E-state index in [1.54, 1.807) is 6.26 Å². The zero-order valence-electron chi connectivity index (χ0n) is 15.5. The summed E-state index contributed by atoms with van der Waals surface area (Å²) in [5, 5.41) is 1.18. The number of pyridine rings is 1. The van der Waals surface area contributed by atoms with Crippen molar-refractivity contribution in [2.75, 3.05) is 6.61 Å². The minimum atomic E-state index is -0.263. The Morgan fingerprint density at radius 1 is 1.33 bits per heavy atom. The summed E-state index contributed by atoms with van der Waals surface area (Å²) in [5.74, 6) is 0.0765. The molecule has 0 spiro atoms. The molecule has 5 nitrogen and oxygen atoms in total. The molecule has 4 aliphatic rings. The molecule has 5 heteroatoms. The summed E-state index contributed by atoms with van der Waals surface area (Å²) in [6, 6.07) is 10.4. The van der Waals surface area contributed by atoms with E-state index in [0.717, 1.165) is 24.2 Å². The lowest BCUT2D eigenvalue weighted by Gasteiger charge is -2.41. The summed E-state index contributed by atoms with van der Waals surface area (Å²) in [4.78, 5) is 17.4. The molecular weight excluding hydrogens is 340 g/mol. The van der Waals surface area contributed by atoms with E-state index in [4.69, 9.17) is 14.5 Å². The van der Waals surface area contributed by atoms with Gasteiger partial charge in [-0.3, -0.25) is 0 Å². The zero-order valence-corrected chi connectivity index (χ0v) is 15.5. The van der Waals surface area contributed by atoms with Gasteiger partial charge in [0.15, 0.2) is 0 Å². The van der Waals surface area contributed by atoms with E-state index in [-0.39, 0.29) is 23.9 Å². The molecule has 0 bridgehead atoms. The highest BCUT2D eigenvalue weighted by Gasteiger charge is 2.42. The first-order chi connectivity index (χ1) is 13.2. The van der Waals surface area contributed by atoms with Gasteiger partial charge in [0.05, 0.1) is 29.7 Å². The van der Waals surface area contributed by atoms with E-state index in [2.05, 4.69) is 35.9 Å². The molecule has 0 unspecified atom stereocenters. The second-order valence-electron chi connectivity index (χ2n) is 7.42. The van der Waals surface area contributed by atoms with Crippen molar-refractivity contribution in [3.8, 4) is 11.3 Å². The Bertz CT molecular complexity index is 1040. The molecule has 0 N–H and O–H groups in total. The van der Waals surface area contributed by atoms with Crippen molar-refractivity contribution in [3.63, 3.8) is 0 Å². The lowest BCUT2D eigenvalue weighted by Crippen LogP contribution is -2.42. The number of carbonyl (C=O) groups is 1. The lowest BCUT2D eigenvalue weighted by molar-refractivity contribution is -0.140. The maximum absolute atomic E-state index is 12.5. The van der Waals surface area contributed by atoms with E-state index in [0.29, 0.717) is 12.2 Å². The first-order valence-corrected chi connectivity index (χ1v) is 9.56. The average Bonchev–Trinajstić information content (AvgIpc) is 3.06. The summed E-state index contributed by atoms with van der Waals surface area (Å²) in [6.07, 6.45) is 4.60. The summed E-state index contributed by atoms with van der Waals surface area (Å²) < 4.78 is 13.3. The van der Waals surface area contributed by atoms with E-state index in [9.17, 15) is 4.79 Å². The summed E-state index contributed by atoms with van der Waals surface area (Å²) in [5.41, 5.74) is 5.08. The van der Waals surface area contributed by atoms with Crippen LogP contribution in [0.5, 0.6) is 0 Å². The van der Waals surface area contributed by atoms with E-state index < -0.39 is 0 Å². The van der Waals surface area contributed by atoms with Crippen LogP contribution in [0.3, 0.4) is 0 Å². The molecule has 0 fully saturated rings. The number of esters is 1. The van der Waals surface area contributed by atoms with Crippen LogP contribution < -0.4 is 0 Å². The largest absolute Gasteiger partial charge is 0.497 e. The van der Waals surface area contributed by atoms with Gasteiger partial charge in [-0.2, -0.15) is 0 Å². The molecule has 0 aliphatic carbocycles. The van der Waals surface area contributed by atoms with Gasteiger partial charge in [0.1, 0.15) is 6.10 Å². The molecule has 0 aromatic heterocycles. The fraction of sp³-hybridized carbons (Fsp3) is 0.364. The van der Waals surface area contributed by atoms with Gasteiger partial charge in [-0.1, -0.05) is 18.2 Å². The van der Waals surface area contributed by atoms with E-state index in [1.165, 1.54) is 16.6 Å². The lowest BCUT2D eigenvalue weighted by atomic mass is 9.75. The molecule has 27 heavy (non-hydrogen) atoms. The number of para-hydroxylation sites is 1. The van der Waals surface area contributed by atoms with Crippen molar-refractivity contribution in [3.05, 3.63) is 54.1 Å². The number of fused-ring (bicyclic) bond motifs is 6. The standard InChI is InChI=1S/C22H22N2O3/c1-3-26-22(25)18-12-27-13(2)17-11-24-9-8-15-14-6-4-5-7-19(14)23-21(15)20(24)10-16(17)18/h4-9,12-13,16-17H,3,10-11H2,1-2H3/t13-,16-,17-/m0/s1. The third-order valence-corrected chi connectivity index (χ3v) is 5.98. The van der Waals surface area contributed by atoms with Gasteiger partial charge in [0.25, 0.3) is 0 Å². The van der Waals surface area contributed by atoms with Crippen LogP contribution in [-0.4, -0.2) is 28.2 Å². The van der Waals surface area contributed by atoms with E-state index in [1.807, 2.05) is 19.1 Å². The molecular formula is C22H22N2O3. The topological polar surface area (TPSA) is 53.4 Å². The maximum atomic E-state index is 12.5. The molecule has 138 valence electrons. The smallest absolute Gasteiger partial charge is 0.337 e. The number of hydrogen-bond acceptors (Lipinski definition) is 4. The normalized spacial score (nSPS) is 24.1. The Hall–Kier alpha value is -2.82. The van der Waals surface area contributed by atoms with Crippen LogP contribution in [0.2, 0.25) is 0 Å². The second-order valence-corrected chi connectivity index (χ2v) is 7.42. The highest BCUT2D eigenvalue weighted by molar-refractivity contribution is 5.98. The number of ether oxygens (including phenoxy) is 2. The van der Waals surface area contributed by atoms with Crippen LogP contribution >= 0.6 is 0 Å². The molecule has 4 heterocycles. The van der Waals surface area contributed by atoms with Gasteiger partial charge < -0.3 is 14.0 Å². The van der Waals surface area contributed by atoms with Gasteiger partial charge in [-0.05, 0) is 32.4 Å². The van der Waals surface area contributed by atoms with Crippen molar-refractivity contribution in [1.82, 2.24) is 9.55 Å². The fourth-order valence-corrected chi connectivity index (χ4v) is 4.58. The fourth-order valence-electron chi connectivity index (χ4n) is 4.58. The number of carbonyl (C=O) groups excluding carboxylic acids is 1. The van der Waals surface area contributed by atoms with Crippen molar-refractivity contribution in [2.24, 2.45) is 11.8 Å². The molecule has 4 aliphatic heterocycles. The second kappa shape index (κ2) is 6.12. The highest BCUT2D eigenvalue weighted by atomic mass is 16.5. The predicted molar refractivity (Wildman–Crippen MR) is 102 cm³/mol. The molecule has 0 amide bonds. The molecule has 0 saturated heterocycles. The van der Waals surface area contributed by atoms with Crippen molar-refractivity contribution in [1.29, 1.82) is 0 Å². The maximum Gasteiger partial charge on any atom is 0.337 e. The van der Waals surface area contributed by atoms with Crippen LogP contribution in [0, 0.1) is 11.8 Å². The quantitative estimate of drug-likeness (QED) is 0.651. The minimum absolute atomic E-state index is 0.0659. The van der Waals surface area contributed by atoms with Crippen LogP contribution in [0.15, 0.2) is 48.4 Å². The van der Waals surface area contributed by atoms with Crippen LogP contribution in [0.1, 0.15) is 19.5 Å². The average molecular weight is 362 g/mol. The number of nitrogens with zero attached hydrogens (tertiary/aromatic N) is 2. The van der Waals surface area contributed by atoms with Gasteiger partial charge in [0.2, 0.25) is 0 Å². The first kappa shape index (κ1) is 16.4. The number of hydrogen-bond donors (Lipinski definition) is 0. The summed E-state index contributed by atoms with van der Waals surface area (Å²) in [6.45, 7) is 5.10. The van der Waals surface area contributed by atoms with Crippen molar-refractivity contribution >= 4 is 16.9 Å². The summed E-state index contributed by atoms with van der Waals surface area (Å²) in [7, 11) is 0. The summed E-state index contributed by atoms with van der Waals surface area (Å²) >= 11 is 0. The highest BCUT2D eigenvalue weighted by Crippen LogP contribution is 2.42. The molecule has 5 rings (SSSR count). The van der Waals surface area contributed by atoms with Gasteiger partial charge in [-0.15, -0.1) is 0 Å². The Morgan fingerprint density at radius 2 is 2.19 bits per heavy atom. The van der Waals surface area contributed by atoms with Crippen LogP contribution in [-0.2, 0) is 27.2 Å². The molecule has 1 aromatic carbocycles. The number of benzene rings is 1. The predicted octanol–water partition coefficient (Wildman–Crippen LogP) is 3.80. The van der Waals surface area contributed by atoms with Gasteiger partial charge in [-0.25, -0.2) is 9.78 Å². The number of rotatable bonds is 2. The Kier molecular flexibility index (Phi) is 3.71. The molecule has 1 aromatic rings. The van der Waals surface area contributed by atoms with Gasteiger partial charge in [0, 0.05) is 41.2 Å². The number of aromatic nitrogens is 2. The monoisotopic (exact) mass is 362 g/mol. The first-order valence-electron chi connectivity index (χ1n) is 9.56. The third-order valence-electron chi connectivity index (χ3n) is 5.98. The van der Waals surface area contributed by atoms with Crippen molar-refractivity contribution < 1.29 is 14.3 Å². The molecule has 0 radical (unpaired) electrons. The van der Waals surface area contributed by atoms with Crippen LogP contribution in [0.4, 0.5) is 0 Å². The SMILES string of the molecule is CCOC(=O)C1=CO[C@@H](C)[C@@H]2Cn3ccc4c5ccccc5nc-4c3C[C@H]12. The third kappa shape index (κ3) is 2.45. The van der Waals surface area contributed by atoms with Crippen LogP contribution in [0.25, 0.3) is 22.2 Å². The van der Waals surface area contributed by atoms with Crippen molar-refractivity contribution in [2.45, 2.75) is 32.9 Å². The van der Waals surface area contributed by atoms with Gasteiger partial charge >= 0.3 is 5.97 Å². The Balaban J connectivity index is 1.62.